The summed E-state index contributed by atoms with van der Waals surface area (Å²) in [4.78, 5) is 27.6. The molecule has 0 saturated carbocycles. The number of aromatic nitrogens is 2. The van der Waals surface area contributed by atoms with Crippen molar-refractivity contribution in [2.75, 3.05) is 6.54 Å². The van der Waals surface area contributed by atoms with E-state index in [1.54, 1.807) is 6.07 Å². The summed E-state index contributed by atoms with van der Waals surface area (Å²) in [6, 6.07) is 9.98. The molecule has 2 amide bonds. The second kappa shape index (κ2) is 6.99. The number of rotatable bonds is 4. The van der Waals surface area contributed by atoms with Crippen LogP contribution in [0.1, 0.15) is 47.1 Å². The standard InChI is InChI=1S/C21H22N4O3/c1-3-16-14-9-15(18(26)10-17(14)24-23-16)21(28)25-11-12-7-5-6-8-13(12)19(25)20(27)22-4-2/h5-10,19,26H,3-4,11H2,1-2H3,(H,22,27)(H,23,24). The van der Waals surface area contributed by atoms with Gasteiger partial charge in [-0.3, -0.25) is 14.7 Å². The Bertz CT molecular complexity index is 1070. The molecule has 0 spiro atoms. The van der Waals surface area contributed by atoms with Crippen molar-refractivity contribution in [1.82, 2.24) is 20.4 Å². The van der Waals surface area contributed by atoms with Gasteiger partial charge in [-0.15, -0.1) is 0 Å². The molecule has 2 aromatic carbocycles. The zero-order valence-electron chi connectivity index (χ0n) is 15.8. The van der Waals surface area contributed by atoms with Gasteiger partial charge in [0.05, 0.1) is 11.1 Å². The number of fused-ring (bicyclic) bond motifs is 2. The van der Waals surface area contributed by atoms with Gasteiger partial charge >= 0.3 is 0 Å². The quantitative estimate of drug-likeness (QED) is 0.650. The highest BCUT2D eigenvalue weighted by Crippen LogP contribution is 2.37. The molecule has 144 valence electrons. The number of H-pyrrole nitrogens is 1. The van der Waals surface area contributed by atoms with E-state index in [-0.39, 0.29) is 23.1 Å². The zero-order chi connectivity index (χ0) is 19.8. The van der Waals surface area contributed by atoms with Crippen LogP contribution in [0.2, 0.25) is 0 Å². The van der Waals surface area contributed by atoms with Gasteiger partial charge in [0.25, 0.3) is 5.91 Å². The highest BCUT2D eigenvalue weighted by Gasteiger charge is 2.39. The topological polar surface area (TPSA) is 98.3 Å². The molecule has 7 nitrogen and oxygen atoms in total. The van der Waals surface area contributed by atoms with Crippen LogP contribution >= 0.6 is 0 Å². The van der Waals surface area contributed by atoms with Crippen LogP contribution in [0, 0.1) is 0 Å². The summed E-state index contributed by atoms with van der Waals surface area (Å²) in [5, 5.41) is 21.2. The number of phenolic OH excluding ortho intramolecular Hbond substituents is 1. The van der Waals surface area contributed by atoms with Crippen molar-refractivity contribution in [2.45, 2.75) is 32.9 Å². The van der Waals surface area contributed by atoms with Crippen LogP contribution in [0.25, 0.3) is 10.9 Å². The second-order valence-corrected chi connectivity index (χ2v) is 6.87. The molecule has 0 aliphatic carbocycles. The Balaban J connectivity index is 1.77. The lowest BCUT2D eigenvalue weighted by Gasteiger charge is -2.25. The Labute approximate surface area is 162 Å². The van der Waals surface area contributed by atoms with Gasteiger partial charge in [0, 0.05) is 30.2 Å². The lowest BCUT2D eigenvalue weighted by molar-refractivity contribution is -0.125. The van der Waals surface area contributed by atoms with E-state index < -0.39 is 6.04 Å². The van der Waals surface area contributed by atoms with E-state index in [1.807, 2.05) is 38.1 Å². The van der Waals surface area contributed by atoms with E-state index in [2.05, 4.69) is 15.5 Å². The molecular weight excluding hydrogens is 356 g/mol. The summed E-state index contributed by atoms with van der Waals surface area (Å²) < 4.78 is 0. The van der Waals surface area contributed by atoms with Crippen molar-refractivity contribution in [3.63, 3.8) is 0 Å². The Kier molecular flexibility index (Phi) is 4.50. The van der Waals surface area contributed by atoms with Gasteiger partial charge < -0.3 is 15.3 Å². The molecule has 3 aromatic rings. The van der Waals surface area contributed by atoms with E-state index in [9.17, 15) is 14.7 Å². The van der Waals surface area contributed by atoms with Gasteiger partial charge in [-0.05, 0) is 30.5 Å². The lowest BCUT2D eigenvalue weighted by atomic mass is 10.0. The number of aryl methyl sites for hydroxylation is 1. The molecule has 28 heavy (non-hydrogen) atoms. The van der Waals surface area contributed by atoms with Gasteiger partial charge in [0.15, 0.2) is 0 Å². The van der Waals surface area contributed by atoms with Crippen molar-refractivity contribution in [3.05, 3.63) is 58.8 Å². The van der Waals surface area contributed by atoms with Gasteiger partial charge in [-0.25, -0.2) is 0 Å². The van der Waals surface area contributed by atoms with Crippen LogP contribution < -0.4 is 5.32 Å². The molecular formula is C21H22N4O3. The van der Waals surface area contributed by atoms with Crippen molar-refractivity contribution < 1.29 is 14.7 Å². The SMILES string of the molecule is CCNC(=O)C1c2ccccc2CN1C(=O)c1cc2c(CC)[nH]nc2cc1O. The van der Waals surface area contributed by atoms with Crippen LogP contribution in [-0.4, -0.2) is 38.6 Å². The minimum Gasteiger partial charge on any atom is -0.507 e. The molecule has 2 heterocycles. The summed E-state index contributed by atoms with van der Waals surface area (Å²) in [7, 11) is 0. The van der Waals surface area contributed by atoms with Crippen molar-refractivity contribution in [2.24, 2.45) is 0 Å². The van der Waals surface area contributed by atoms with Crippen LogP contribution in [-0.2, 0) is 17.8 Å². The van der Waals surface area contributed by atoms with E-state index in [4.69, 9.17) is 0 Å². The number of aromatic hydroxyl groups is 1. The highest BCUT2D eigenvalue weighted by molar-refractivity contribution is 6.03. The molecule has 1 aromatic heterocycles. The number of hydrogen-bond donors (Lipinski definition) is 3. The van der Waals surface area contributed by atoms with Crippen LogP contribution in [0.5, 0.6) is 5.75 Å². The summed E-state index contributed by atoms with van der Waals surface area (Å²) in [6.45, 7) is 4.63. The zero-order valence-corrected chi connectivity index (χ0v) is 15.8. The summed E-state index contributed by atoms with van der Waals surface area (Å²) >= 11 is 0. The molecule has 1 atom stereocenters. The largest absolute Gasteiger partial charge is 0.507 e. The summed E-state index contributed by atoms with van der Waals surface area (Å²) in [5.74, 6) is -0.744. The number of nitrogens with one attached hydrogen (secondary N) is 2. The maximum Gasteiger partial charge on any atom is 0.258 e. The van der Waals surface area contributed by atoms with E-state index in [1.165, 1.54) is 11.0 Å². The molecule has 1 unspecified atom stereocenters. The Morgan fingerprint density at radius 3 is 2.82 bits per heavy atom. The molecule has 0 bridgehead atoms. The smallest absolute Gasteiger partial charge is 0.258 e. The normalized spacial score (nSPS) is 15.6. The van der Waals surface area contributed by atoms with E-state index in [0.29, 0.717) is 18.6 Å². The molecule has 1 aliphatic heterocycles. The minimum atomic E-state index is -0.714. The minimum absolute atomic E-state index is 0.141. The number of amides is 2. The van der Waals surface area contributed by atoms with Crippen LogP contribution in [0.4, 0.5) is 0 Å². The monoisotopic (exact) mass is 378 g/mol. The van der Waals surface area contributed by atoms with Gasteiger partial charge in [0.1, 0.15) is 11.8 Å². The number of hydrogen-bond acceptors (Lipinski definition) is 4. The highest BCUT2D eigenvalue weighted by atomic mass is 16.3. The fourth-order valence-corrected chi connectivity index (χ4v) is 3.83. The summed E-state index contributed by atoms with van der Waals surface area (Å²) in [6.07, 6.45) is 0.728. The lowest BCUT2D eigenvalue weighted by Crippen LogP contribution is -2.39. The van der Waals surface area contributed by atoms with Gasteiger partial charge in [-0.1, -0.05) is 31.2 Å². The van der Waals surface area contributed by atoms with Crippen LogP contribution in [0.3, 0.4) is 0 Å². The van der Waals surface area contributed by atoms with Crippen LogP contribution in [0.15, 0.2) is 36.4 Å². The molecule has 4 rings (SSSR count). The third-order valence-electron chi connectivity index (χ3n) is 5.20. The first-order chi connectivity index (χ1) is 13.5. The number of carbonyl (C=O) groups excluding carboxylic acids is 2. The van der Waals surface area contributed by atoms with Crippen molar-refractivity contribution in [3.8, 4) is 5.75 Å². The third-order valence-corrected chi connectivity index (χ3v) is 5.20. The maximum atomic E-state index is 13.4. The fourth-order valence-electron chi connectivity index (χ4n) is 3.83. The van der Waals surface area contributed by atoms with E-state index >= 15 is 0 Å². The second-order valence-electron chi connectivity index (χ2n) is 6.87. The number of likely N-dealkylation sites (N-methyl/N-ethyl adjacent to an activating group) is 1. The van der Waals surface area contributed by atoms with Gasteiger partial charge in [-0.2, -0.15) is 5.10 Å². The van der Waals surface area contributed by atoms with Gasteiger partial charge in [0.2, 0.25) is 5.91 Å². The number of phenols is 1. The molecule has 3 N–H and O–H groups in total. The Morgan fingerprint density at radius 2 is 2.07 bits per heavy atom. The van der Waals surface area contributed by atoms with Crippen molar-refractivity contribution in [1.29, 1.82) is 0 Å². The Morgan fingerprint density at radius 1 is 1.29 bits per heavy atom. The Hall–Kier alpha value is -3.35. The average molecular weight is 378 g/mol. The first-order valence-corrected chi connectivity index (χ1v) is 9.41. The fraction of sp³-hybridized carbons (Fsp3) is 0.286. The number of benzene rings is 2. The maximum absolute atomic E-state index is 13.4. The number of carbonyl (C=O) groups is 2. The predicted molar refractivity (Wildman–Crippen MR) is 105 cm³/mol. The molecule has 0 radical (unpaired) electrons. The molecule has 0 fully saturated rings. The van der Waals surface area contributed by atoms with Crippen molar-refractivity contribution >= 4 is 22.7 Å². The average Bonchev–Trinajstić information content (AvgIpc) is 3.27. The first-order valence-electron chi connectivity index (χ1n) is 9.41. The third kappa shape index (κ3) is 2.79. The molecule has 1 aliphatic rings. The predicted octanol–water partition coefficient (Wildman–Crippen LogP) is 2.66. The number of nitrogens with zero attached hydrogens (tertiary/aromatic N) is 2. The first kappa shape index (κ1) is 18.0. The molecule has 7 heteroatoms. The molecule has 0 saturated heterocycles. The van der Waals surface area contributed by atoms with E-state index in [0.717, 1.165) is 28.6 Å². The number of aromatic amines is 1. The summed E-state index contributed by atoms with van der Waals surface area (Å²) in [5.41, 5.74) is 3.43.